The van der Waals surface area contributed by atoms with E-state index in [1.807, 2.05) is 146 Å². The summed E-state index contributed by atoms with van der Waals surface area (Å²) in [4.78, 5) is 29.9. The molecular weight excluding hydrogens is 1620 g/mol. The Balaban J connectivity index is 0.000000106. The first-order chi connectivity index (χ1) is 65.4. The molecule has 0 aliphatic rings. The highest BCUT2D eigenvalue weighted by Crippen LogP contribution is 2.46. The van der Waals surface area contributed by atoms with Crippen molar-refractivity contribution in [2.75, 3.05) is 0 Å². The Morgan fingerprint density at radius 2 is 0.455 bits per heavy atom. The van der Waals surface area contributed by atoms with Gasteiger partial charge < -0.3 is 27.0 Å². The van der Waals surface area contributed by atoms with Crippen molar-refractivity contribution in [3.8, 4) is 119 Å². The summed E-state index contributed by atoms with van der Waals surface area (Å²) in [6.07, 6.45) is 0. The topological polar surface area (TPSA) is 132 Å². The van der Waals surface area contributed by atoms with Gasteiger partial charge >= 0.3 is 0 Å². The van der Waals surface area contributed by atoms with Crippen molar-refractivity contribution in [1.82, 2.24) is 43.6 Å². The third-order valence-corrected chi connectivity index (χ3v) is 25.3. The summed E-state index contributed by atoms with van der Waals surface area (Å²) >= 11 is 0. The predicted octanol–water partition coefficient (Wildman–Crippen LogP) is 31.4. The van der Waals surface area contributed by atoms with Crippen molar-refractivity contribution in [3.05, 3.63) is 455 Å². The SMILES string of the molecule is c1ccc(-c2cc(-c3ccc(-n4c5ccccc5c5c6c(ccc54)oc4ccccc46)cc3)nc(-c3ccccc3)n2)cc1.c1ccc(-c2cc(-c3ccc(-n4c5ccccc5c5c6oc7ccccc7c6ccc54)cc3)nc(-c3ccccc3)n2)cc1.c1ccc(-c2cc(-c3ccc(-n4c5ccccc5c5cc6c(cc54)oc4ccccc46)cc3)nc(-c3ccccc3)n2)cc1. The Bertz CT molecular complexity index is 8740. The lowest BCUT2D eigenvalue weighted by atomic mass is 10.1. The van der Waals surface area contributed by atoms with Crippen LogP contribution in [0.4, 0.5) is 0 Å². The van der Waals surface area contributed by atoms with Crippen molar-refractivity contribution in [3.63, 3.8) is 0 Å². The molecule has 0 saturated carbocycles. The largest absolute Gasteiger partial charge is 0.456 e. The number of hydrogen-bond donors (Lipinski definition) is 0. The Hall–Kier alpha value is -18.0. The highest BCUT2D eigenvalue weighted by Gasteiger charge is 2.24. The van der Waals surface area contributed by atoms with Crippen LogP contribution in [0.5, 0.6) is 0 Å². The zero-order chi connectivity index (χ0) is 87.1. The fraction of sp³-hybridized carbons (Fsp3) is 0. The van der Waals surface area contributed by atoms with Crippen LogP contribution in [0.1, 0.15) is 0 Å². The molecule has 27 rings (SSSR count). The van der Waals surface area contributed by atoms with Crippen LogP contribution in [0.3, 0.4) is 0 Å². The minimum Gasteiger partial charge on any atom is -0.456 e. The van der Waals surface area contributed by atoms with E-state index in [1.54, 1.807) is 0 Å². The van der Waals surface area contributed by atoms with Gasteiger partial charge in [-0.2, -0.15) is 0 Å². The average molecular weight is 1690 g/mol. The molecule has 0 spiro atoms. The molecule has 0 N–H and O–H groups in total. The summed E-state index contributed by atoms with van der Waals surface area (Å²) in [6.45, 7) is 0. The molecule has 12 heteroatoms. The van der Waals surface area contributed by atoms with Gasteiger partial charge in [0, 0.05) is 132 Å². The van der Waals surface area contributed by atoms with Gasteiger partial charge in [0.05, 0.1) is 72.6 Å². The minimum atomic E-state index is 0.711. The molecule has 0 amide bonds. The number of benzene rings is 18. The van der Waals surface area contributed by atoms with Gasteiger partial charge in [-0.3, -0.25) is 0 Å². The van der Waals surface area contributed by atoms with Crippen LogP contribution < -0.4 is 0 Å². The van der Waals surface area contributed by atoms with Gasteiger partial charge in [0.1, 0.15) is 33.5 Å². The molecule has 618 valence electrons. The summed E-state index contributed by atoms with van der Waals surface area (Å²) < 4.78 is 26.0. The van der Waals surface area contributed by atoms with Crippen LogP contribution in [0.2, 0.25) is 0 Å². The summed E-state index contributed by atoms with van der Waals surface area (Å²) in [6, 6.07) is 157. The van der Waals surface area contributed by atoms with Gasteiger partial charge in [0.25, 0.3) is 0 Å². The lowest BCUT2D eigenvalue weighted by Crippen LogP contribution is -1.97. The van der Waals surface area contributed by atoms with Gasteiger partial charge in [-0.25, -0.2) is 29.9 Å². The summed E-state index contributed by atoms with van der Waals surface area (Å²) in [5, 5.41) is 14.0. The second-order valence-electron chi connectivity index (χ2n) is 33.1. The molecule has 0 unspecified atom stereocenters. The molecule has 0 fully saturated rings. The Morgan fingerprint density at radius 3 is 0.886 bits per heavy atom. The number of aromatic nitrogens is 9. The maximum atomic E-state index is 6.47. The van der Waals surface area contributed by atoms with E-state index in [-0.39, 0.29) is 0 Å². The quantitative estimate of drug-likeness (QED) is 0.117. The lowest BCUT2D eigenvalue weighted by molar-refractivity contribution is 0.669. The van der Waals surface area contributed by atoms with E-state index in [2.05, 4.69) is 323 Å². The molecule has 0 atom stereocenters. The van der Waals surface area contributed by atoms with E-state index in [9.17, 15) is 0 Å². The van der Waals surface area contributed by atoms with E-state index in [1.165, 1.54) is 26.9 Å². The number of rotatable bonds is 12. The molecule has 0 radical (unpaired) electrons. The van der Waals surface area contributed by atoms with Crippen molar-refractivity contribution >= 4 is 131 Å². The predicted molar refractivity (Wildman–Crippen MR) is 540 cm³/mol. The molecule has 0 saturated heterocycles. The molecule has 0 aliphatic carbocycles. The number of fused-ring (bicyclic) bond motifs is 20. The van der Waals surface area contributed by atoms with Crippen LogP contribution in [-0.4, -0.2) is 43.6 Å². The van der Waals surface area contributed by atoms with Gasteiger partial charge in [-0.05, 0) is 121 Å². The first-order valence-electron chi connectivity index (χ1n) is 44.3. The molecule has 27 aromatic rings. The number of hydrogen-bond acceptors (Lipinski definition) is 9. The maximum absolute atomic E-state index is 6.47. The summed E-state index contributed by atoms with van der Waals surface area (Å²) in [5.41, 5.74) is 30.2. The molecule has 9 aromatic heterocycles. The number of nitrogens with zero attached hydrogens (tertiary/aromatic N) is 9. The lowest BCUT2D eigenvalue weighted by Gasteiger charge is -2.11. The van der Waals surface area contributed by atoms with Crippen LogP contribution >= 0.6 is 0 Å². The van der Waals surface area contributed by atoms with Crippen molar-refractivity contribution in [2.45, 2.75) is 0 Å². The van der Waals surface area contributed by atoms with Crippen LogP contribution in [-0.2, 0) is 0 Å². The minimum absolute atomic E-state index is 0.711. The first-order valence-corrected chi connectivity index (χ1v) is 44.3. The van der Waals surface area contributed by atoms with Gasteiger partial charge in [-0.1, -0.05) is 328 Å². The smallest absolute Gasteiger partial charge is 0.160 e. The fourth-order valence-electron chi connectivity index (χ4n) is 19.1. The van der Waals surface area contributed by atoms with Gasteiger partial charge in [-0.15, -0.1) is 0 Å². The molecule has 12 nitrogen and oxygen atoms in total. The van der Waals surface area contributed by atoms with E-state index in [0.717, 1.165) is 206 Å². The Morgan fingerprint density at radius 1 is 0.152 bits per heavy atom. The van der Waals surface area contributed by atoms with Gasteiger partial charge in [0.15, 0.2) is 17.5 Å². The fourth-order valence-corrected chi connectivity index (χ4v) is 19.1. The summed E-state index contributed by atoms with van der Waals surface area (Å²) in [5.74, 6) is 2.14. The molecule has 0 aliphatic heterocycles. The molecule has 0 bridgehead atoms. The average Bonchev–Trinajstić information content (AvgIpc) is 1.57. The normalized spacial score (nSPS) is 11.6. The third-order valence-electron chi connectivity index (χ3n) is 25.3. The highest BCUT2D eigenvalue weighted by atomic mass is 16.3. The van der Waals surface area contributed by atoms with E-state index in [4.69, 9.17) is 43.2 Å². The Labute approximate surface area is 756 Å². The van der Waals surface area contributed by atoms with Gasteiger partial charge in [0.2, 0.25) is 0 Å². The molecule has 18 aromatic carbocycles. The maximum Gasteiger partial charge on any atom is 0.160 e. The van der Waals surface area contributed by atoms with Crippen molar-refractivity contribution in [2.24, 2.45) is 0 Å². The standard InChI is InChI=1S/3C40H25N3O/c1-3-11-26(12-4-1)33-25-34(42-40(41-33)28-13-5-2-6-14-28)27-19-21-29(22-20-27)43-35-17-9-7-16-32(35)38-36(43)24-23-31-30-15-8-10-18-37(30)44-39(31)38;1-3-11-26(12-4-1)34-24-35(42-40(41-34)28-13-5-2-6-14-28)27-19-21-29(22-20-27)43-36-17-9-7-15-30(36)32-23-33-31-16-8-10-18-38(31)44-39(33)25-37(32)43;1-3-11-26(12-4-1)32-25-33(42-40(41-32)28-13-5-2-6-14-28)27-19-21-29(22-20-27)43-34-17-9-7-15-30(34)38-35(43)23-24-37-39(38)31-16-8-10-18-36(31)44-37/h3*1-25H. The molecule has 9 heterocycles. The second-order valence-corrected chi connectivity index (χ2v) is 33.1. The zero-order valence-electron chi connectivity index (χ0n) is 71.1. The van der Waals surface area contributed by atoms with E-state index >= 15 is 0 Å². The number of para-hydroxylation sites is 6. The first kappa shape index (κ1) is 76.4. The highest BCUT2D eigenvalue weighted by molar-refractivity contribution is 6.28. The van der Waals surface area contributed by atoms with Crippen LogP contribution in [0, 0.1) is 0 Å². The summed E-state index contributed by atoms with van der Waals surface area (Å²) in [7, 11) is 0. The van der Waals surface area contributed by atoms with E-state index < -0.39 is 0 Å². The molecule has 132 heavy (non-hydrogen) atoms. The number of furan rings is 3. The van der Waals surface area contributed by atoms with Crippen molar-refractivity contribution in [1.29, 1.82) is 0 Å². The molecular formula is C120H75N9O3. The van der Waals surface area contributed by atoms with E-state index in [0.29, 0.717) is 17.5 Å². The van der Waals surface area contributed by atoms with Crippen LogP contribution in [0.15, 0.2) is 468 Å². The Kier molecular flexibility index (Phi) is 18.6. The van der Waals surface area contributed by atoms with Crippen LogP contribution in [0.25, 0.3) is 250 Å². The third kappa shape index (κ3) is 13.5. The monoisotopic (exact) mass is 1690 g/mol. The van der Waals surface area contributed by atoms with Crippen molar-refractivity contribution < 1.29 is 13.3 Å². The zero-order valence-corrected chi connectivity index (χ0v) is 71.1. The second kappa shape index (κ2) is 32.1.